The van der Waals surface area contributed by atoms with E-state index in [2.05, 4.69) is 22.1 Å². The summed E-state index contributed by atoms with van der Waals surface area (Å²) in [5.41, 5.74) is 0. The van der Waals surface area contributed by atoms with Gasteiger partial charge in [0.2, 0.25) is 5.89 Å². The molecule has 15 heavy (non-hydrogen) atoms. The molecule has 0 amide bonds. The largest absolute Gasteiger partial charge is 0.388 e. The molecule has 0 spiro atoms. The van der Waals surface area contributed by atoms with Crippen LogP contribution in [0.1, 0.15) is 24.6 Å². The van der Waals surface area contributed by atoms with Gasteiger partial charge in [0, 0.05) is 13.0 Å². The van der Waals surface area contributed by atoms with Gasteiger partial charge < -0.3 is 14.5 Å². The second-order valence-corrected chi connectivity index (χ2v) is 4.24. The number of hydrogen-bond donors (Lipinski definition) is 1. The van der Waals surface area contributed by atoms with Gasteiger partial charge in [0.15, 0.2) is 5.82 Å². The van der Waals surface area contributed by atoms with Gasteiger partial charge in [0.25, 0.3) is 0 Å². The first-order valence-electron chi connectivity index (χ1n) is 5.39. The van der Waals surface area contributed by atoms with Crippen molar-refractivity contribution in [2.24, 2.45) is 5.92 Å². The molecule has 5 heteroatoms. The standard InChI is InChI=1S/C10H17N3O2/c1-13-4-2-3-8(6-13)5-10-11-9(7-14)12-15-10/h8,14H,2-7H2,1H3. The Bertz CT molecular complexity index is 313. The highest BCUT2D eigenvalue weighted by Crippen LogP contribution is 2.18. The molecule has 0 aliphatic carbocycles. The number of aliphatic hydroxyl groups is 1. The summed E-state index contributed by atoms with van der Waals surface area (Å²) in [7, 11) is 2.14. The van der Waals surface area contributed by atoms with Crippen LogP contribution in [-0.4, -0.2) is 40.3 Å². The van der Waals surface area contributed by atoms with Crippen LogP contribution in [0.5, 0.6) is 0 Å². The lowest BCUT2D eigenvalue weighted by atomic mass is 9.95. The van der Waals surface area contributed by atoms with Crippen LogP contribution in [0, 0.1) is 5.92 Å². The van der Waals surface area contributed by atoms with Crippen LogP contribution in [0.15, 0.2) is 4.52 Å². The number of aromatic nitrogens is 2. The Morgan fingerprint density at radius 2 is 2.47 bits per heavy atom. The summed E-state index contributed by atoms with van der Waals surface area (Å²) in [5.74, 6) is 1.64. The molecular formula is C10H17N3O2. The number of rotatable bonds is 3. The summed E-state index contributed by atoms with van der Waals surface area (Å²) in [5, 5.41) is 12.5. The van der Waals surface area contributed by atoms with Crippen LogP contribution in [0.25, 0.3) is 0 Å². The molecule has 84 valence electrons. The van der Waals surface area contributed by atoms with Gasteiger partial charge in [0.1, 0.15) is 6.61 Å². The zero-order chi connectivity index (χ0) is 10.7. The predicted molar refractivity (Wildman–Crippen MR) is 54.1 cm³/mol. The van der Waals surface area contributed by atoms with Crippen LogP contribution in [0.2, 0.25) is 0 Å². The van der Waals surface area contributed by atoms with E-state index in [1.54, 1.807) is 0 Å². The van der Waals surface area contributed by atoms with E-state index in [1.165, 1.54) is 19.4 Å². The molecule has 0 radical (unpaired) electrons. The molecule has 1 N–H and O–H groups in total. The zero-order valence-electron chi connectivity index (χ0n) is 9.02. The molecule has 5 nitrogen and oxygen atoms in total. The predicted octanol–water partition coefficient (Wildman–Crippen LogP) is 0.446. The fraction of sp³-hybridized carbons (Fsp3) is 0.800. The van der Waals surface area contributed by atoms with Crippen molar-refractivity contribution in [1.29, 1.82) is 0 Å². The molecule has 2 heterocycles. The molecule has 1 saturated heterocycles. The van der Waals surface area contributed by atoms with Crippen LogP contribution in [0.3, 0.4) is 0 Å². The van der Waals surface area contributed by atoms with E-state index < -0.39 is 0 Å². The van der Waals surface area contributed by atoms with Gasteiger partial charge in [-0.05, 0) is 32.4 Å². The molecule has 1 aliphatic heterocycles. The van der Waals surface area contributed by atoms with Gasteiger partial charge in [-0.1, -0.05) is 5.16 Å². The Balaban J connectivity index is 1.90. The number of nitrogens with zero attached hydrogens (tertiary/aromatic N) is 3. The molecule has 0 saturated carbocycles. The van der Waals surface area contributed by atoms with Crippen molar-refractivity contribution in [3.63, 3.8) is 0 Å². The van der Waals surface area contributed by atoms with Crippen LogP contribution >= 0.6 is 0 Å². The second-order valence-electron chi connectivity index (χ2n) is 4.24. The molecule has 0 aromatic carbocycles. The van der Waals surface area contributed by atoms with E-state index in [9.17, 15) is 0 Å². The summed E-state index contributed by atoms with van der Waals surface area (Å²) >= 11 is 0. The van der Waals surface area contributed by atoms with Crippen molar-refractivity contribution >= 4 is 0 Å². The molecule has 1 aromatic rings. The number of aliphatic hydroxyl groups excluding tert-OH is 1. The maximum atomic E-state index is 8.81. The molecule has 1 unspecified atom stereocenters. The third kappa shape index (κ3) is 2.76. The van der Waals surface area contributed by atoms with Crippen molar-refractivity contribution < 1.29 is 9.63 Å². The molecule has 1 aromatic heterocycles. The molecule has 2 rings (SSSR count). The van der Waals surface area contributed by atoms with Gasteiger partial charge in [-0.2, -0.15) is 4.98 Å². The van der Waals surface area contributed by atoms with E-state index in [0.29, 0.717) is 17.6 Å². The average Bonchev–Trinajstić information content (AvgIpc) is 2.65. The summed E-state index contributed by atoms with van der Waals surface area (Å²) in [6, 6.07) is 0. The smallest absolute Gasteiger partial charge is 0.227 e. The Kier molecular flexibility index (Phi) is 3.33. The van der Waals surface area contributed by atoms with E-state index >= 15 is 0 Å². The van der Waals surface area contributed by atoms with Crippen LogP contribution in [0.4, 0.5) is 0 Å². The monoisotopic (exact) mass is 211 g/mol. The van der Waals surface area contributed by atoms with Crippen molar-refractivity contribution in [2.75, 3.05) is 20.1 Å². The van der Waals surface area contributed by atoms with Crippen molar-refractivity contribution in [1.82, 2.24) is 15.0 Å². The topological polar surface area (TPSA) is 62.4 Å². The molecular weight excluding hydrogens is 194 g/mol. The van der Waals surface area contributed by atoms with E-state index in [4.69, 9.17) is 9.63 Å². The third-order valence-corrected chi connectivity index (χ3v) is 2.84. The summed E-state index contributed by atoms with van der Waals surface area (Å²) in [4.78, 5) is 6.43. The molecule has 1 aliphatic rings. The molecule has 0 bridgehead atoms. The number of hydrogen-bond acceptors (Lipinski definition) is 5. The van der Waals surface area contributed by atoms with E-state index in [-0.39, 0.29) is 6.61 Å². The lowest BCUT2D eigenvalue weighted by Crippen LogP contribution is -2.33. The first-order valence-corrected chi connectivity index (χ1v) is 5.39. The van der Waals surface area contributed by atoms with Gasteiger partial charge in [-0.15, -0.1) is 0 Å². The van der Waals surface area contributed by atoms with Gasteiger partial charge in [0.05, 0.1) is 0 Å². The highest BCUT2D eigenvalue weighted by molar-refractivity contribution is 4.87. The normalized spacial score (nSPS) is 23.2. The summed E-state index contributed by atoms with van der Waals surface area (Å²) in [6.45, 7) is 2.13. The van der Waals surface area contributed by atoms with Gasteiger partial charge in [-0.3, -0.25) is 0 Å². The van der Waals surface area contributed by atoms with Crippen LogP contribution in [-0.2, 0) is 13.0 Å². The van der Waals surface area contributed by atoms with Gasteiger partial charge in [-0.25, -0.2) is 0 Å². The highest BCUT2D eigenvalue weighted by atomic mass is 16.5. The minimum Gasteiger partial charge on any atom is -0.388 e. The summed E-state index contributed by atoms with van der Waals surface area (Å²) < 4.78 is 5.05. The fourth-order valence-corrected chi connectivity index (χ4v) is 2.12. The second kappa shape index (κ2) is 4.72. The quantitative estimate of drug-likeness (QED) is 0.786. The summed E-state index contributed by atoms with van der Waals surface area (Å²) in [6.07, 6.45) is 3.29. The Labute approximate surface area is 89.1 Å². The minimum absolute atomic E-state index is 0.145. The minimum atomic E-state index is -0.145. The van der Waals surface area contributed by atoms with Crippen molar-refractivity contribution in [3.05, 3.63) is 11.7 Å². The zero-order valence-corrected chi connectivity index (χ0v) is 9.02. The number of piperidine rings is 1. The fourth-order valence-electron chi connectivity index (χ4n) is 2.12. The molecule has 1 fully saturated rings. The maximum absolute atomic E-state index is 8.81. The first-order chi connectivity index (χ1) is 7.28. The SMILES string of the molecule is CN1CCCC(Cc2nc(CO)no2)C1. The number of likely N-dealkylation sites (tertiary alicyclic amines) is 1. The third-order valence-electron chi connectivity index (χ3n) is 2.84. The maximum Gasteiger partial charge on any atom is 0.227 e. The van der Waals surface area contributed by atoms with Crippen LogP contribution < -0.4 is 0 Å². The van der Waals surface area contributed by atoms with Gasteiger partial charge >= 0.3 is 0 Å². The van der Waals surface area contributed by atoms with Crippen molar-refractivity contribution in [3.8, 4) is 0 Å². The highest BCUT2D eigenvalue weighted by Gasteiger charge is 2.20. The first kappa shape index (κ1) is 10.6. The van der Waals surface area contributed by atoms with E-state index in [0.717, 1.165) is 13.0 Å². The van der Waals surface area contributed by atoms with Crippen molar-refractivity contribution in [2.45, 2.75) is 25.9 Å². The van der Waals surface area contributed by atoms with E-state index in [1.807, 2.05) is 0 Å². The Morgan fingerprint density at radius 1 is 1.60 bits per heavy atom. The lowest BCUT2D eigenvalue weighted by molar-refractivity contribution is 0.198. The lowest BCUT2D eigenvalue weighted by Gasteiger charge is -2.28. The Hall–Kier alpha value is -0.940. The molecule has 1 atom stereocenters. The average molecular weight is 211 g/mol. The Morgan fingerprint density at radius 3 is 3.13 bits per heavy atom.